The van der Waals surface area contributed by atoms with Crippen LogP contribution in [0.5, 0.6) is 0 Å². The summed E-state index contributed by atoms with van der Waals surface area (Å²) in [7, 11) is 0. The fourth-order valence-corrected chi connectivity index (χ4v) is 3.41. The molecule has 1 aromatic heterocycles. The summed E-state index contributed by atoms with van der Waals surface area (Å²) in [6.45, 7) is 17.7. The first-order chi connectivity index (χ1) is 14.4. The first-order valence-electron chi connectivity index (χ1n) is 10.7. The van der Waals surface area contributed by atoms with Gasteiger partial charge in [0.2, 0.25) is 0 Å². The molecule has 164 valence electrons. The van der Waals surface area contributed by atoms with Crippen molar-refractivity contribution < 1.29 is 4.74 Å². The van der Waals surface area contributed by atoms with E-state index in [0.717, 1.165) is 48.1 Å². The van der Waals surface area contributed by atoms with Gasteiger partial charge in [-0.25, -0.2) is 10.4 Å². The number of nitrogens with zero attached hydrogens (tertiary/aromatic N) is 1. The third-order valence-electron chi connectivity index (χ3n) is 4.80. The molecule has 6 nitrogen and oxygen atoms in total. The highest BCUT2D eigenvalue weighted by molar-refractivity contribution is 5.70. The Labute approximate surface area is 181 Å². The summed E-state index contributed by atoms with van der Waals surface area (Å²) in [5.74, 6) is 1.75. The second kappa shape index (κ2) is 11.6. The molecule has 0 fully saturated rings. The zero-order chi connectivity index (χ0) is 22.1. The predicted octanol–water partition coefficient (Wildman–Crippen LogP) is 4.90. The van der Waals surface area contributed by atoms with Crippen LogP contribution in [-0.4, -0.2) is 29.1 Å². The summed E-state index contributed by atoms with van der Waals surface area (Å²) in [4.78, 5) is 8.42. The van der Waals surface area contributed by atoms with Crippen molar-refractivity contribution in [2.75, 3.05) is 13.1 Å². The van der Waals surface area contributed by atoms with Crippen molar-refractivity contribution in [2.24, 2.45) is 0 Å². The van der Waals surface area contributed by atoms with Crippen LogP contribution in [0.4, 0.5) is 0 Å². The maximum Gasteiger partial charge on any atom is 0.155 e. The second-order valence-corrected chi connectivity index (χ2v) is 7.92. The molecule has 4 N–H and O–H groups in total. The van der Waals surface area contributed by atoms with E-state index in [0.29, 0.717) is 6.54 Å². The number of allylic oxidation sites excluding steroid dienone is 3. The number of aromatic nitrogens is 2. The lowest BCUT2D eigenvalue weighted by Gasteiger charge is -2.13. The van der Waals surface area contributed by atoms with Gasteiger partial charge < -0.3 is 20.5 Å². The fourth-order valence-electron chi connectivity index (χ4n) is 3.41. The number of hydrazine groups is 1. The van der Waals surface area contributed by atoms with E-state index in [1.54, 1.807) is 0 Å². The first kappa shape index (κ1) is 23.7. The molecule has 1 aliphatic heterocycles. The van der Waals surface area contributed by atoms with Crippen LogP contribution in [-0.2, 0) is 4.74 Å². The van der Waals surface area contributed by atoms with E-state index in [-0.39, 0.29) is 6.04 Å². The van der Waals surface area contributed by atoms with Crippen LogP contribution in [0.3, 0.4) is 0 Å². The molecule has 0 saturated heterocycles. The highest BCUT2D eigenvalue weighted by Crippen LogP contribution is 2.26. The van der Waals surface area contributed by atoms with Crippen molar-refractivity contribution in [1.29, 1.82) is 0 Å². The standard InChI is InChI=1S/C24H37N5O/c1-8-18(30-10-3)15-25-12-11-19-20(9-2)28-29-23(19)24-26-21(13-16(4)5)22(27-24)14-17(6)7/h8,10,13-14,20,25,28-29H,3,9,11-12,15H2,1-2,4-7H3,(H,26,27)/b18-8-. The number of nitrogens with one attached hydrogen (secondary N) is 4. The summed E-state index contributed by atoms with van der Waals surface area (Å²) in [6.07, 6.45) is 9.59. The minimum atomic E-state index is 0.288. The van der Waals surface area contributed by atoms with E-state index >= 15 is 0 Å². The van der Waals surface area contributed by atoms with Gasteiger partial charge in [-0.2, -0.15) is 0 Å². The lowest BCUT2D eigenvalue weighted by atomic mass is 10.0. The van der Waals surface area contributed by atoms with Crippen molar-refractivity contribution in [3.63, 3.8) is 0 Å². The Kier molecular flexibility index (Phi) is 9.15. The van der Waals surface area contributed by atoms with Crippen LogP contribution in [0, 0.1) is 0 Å². The van der Waals surface area contributed by atoms with Crippen molar-refractivity contribution in [3.05, 3.63) is 58.6 Å². The molecule has 1 aromatic rings. The summed E-state index contributed by atoms with van der Waals surface area (Å²) >= 11 is 0. The Hall–Kier alpha value is -2.57. The largest absolute Gasteiger partial charge is 0.469 e. The van der Waals surface area contributed by atoms with Gasteiger partial charge in [0.15, 0.2) is 5.82 Å². The van der Waals surface area contributed by atoms with Crippen LogP contribution in [0.2, 0.25) is 0 Å². The normalized spacial score (nSPS) is 16.3. The van der Waals surface area contributed by atoms with Gasteiger partial charge in [-0.3, -0.25) is 0 Å². The molecular weight excluding hydrogens is 374 g/mol. The molecule has 2 rings (SSSR count). The number of imidazole rings is 1. The Morgan fingerprint density at radius 1 is 1.20 bits per heavy atom. The van der Waals surface area contributed by atoms with Gasteiger partial charge in [-0.1, -0.05) is 24.6 Å². The quantitative estimate of drug-likeness (QED) is 0.308. The lowest BCUT2D eigenvalue weighted by molar-refractivity contribution is 0.335. The number of ether oxygens (including phenoxy) is 1. The van der Waals surface area contributed by atoms with Gasteiger partial charge >= 0.3 is 0 Å². The van der Waals surface area contributed by atoms with Crippen LogP contribution < -0.4 is 16.2 Å². The second-order valence-electron chi connectivity index (χ2n) is 7.92. The average Bonchev–Trinajstić information content (AvgIpc) is 3.27. The third-order valence-corrected chi connectivity index (χ3v) is 4.80. The highest BCUT2D eigenvalue weighted by Gasteiger charge is 2.26. The molecule has 6 heteroatoms. The van der Waals surface area contributed by atoms with Crippen molar-refractivity contribution in [2.45, 2.75) is 60.4 Å². The van der Waals surface area contributed by atoms with Gasteiger partial charge in [0.05, 0.1) is 29.9 Å². The van der Waals surface area contributed by atoms with E-state index in [4.69, 9.17) is 9.72 Å². The summed E-state index contributed by atoms with van der Waals surface area (Å²) in [6, 6.07) is 0.288. The minimum Gasteiger partial charge on any atom is -0.469 e. The van der Waals surface area contributed by atoms with Crippen molar-refractivity contribution in [1.82, 2.24) is 26.1 Å². The first-order valence-corrected chi connectivity index (χ1v) is 10.7. The van der Waals surface area contributed by atoms with Gasteiger partial charge in [-0.05, 0) is 77.8 Å². The van der Waals surface area contributed by atoms with Crippen LogP contribution in [0.25, 0.3) is 17.8 Å². The van der Waals surface area contributed by atoms with Crippen molar-refractivity contribution >= 4 is 17.8 Å². The Balaban J connectivity index is 2.25. The Morgan fingerprint density at radius 2 is 1.93 bits per heavy atom. The number of hydrogen-bond acceptors (Lipinski definition) is 5. The molecule has 0 amide bonds. The SMILES string of the molecule is C=CO/C(=C\C)CNCCC1=C(c2nc(C=C(C)C)c(C=C(C)C)[nH]2)NNC1CC. The monoisotopic (exact) mass is 411 g/mol. The zero-order valence-electron chi connectivity index (χ0n) is 19.3. The summed E-state index contributed by atoms with van der Waals surface area (Å²) in [5, 5.41) is 3.45. The predicted molar refractivity (Wildman–Crippen MR) is 127 cm³/mol. The molecular formula is C24H37N5O. The topological polar surface area (TPSA) is 74.0 Å². The molecule has 1 unspecified atom stereocenters. The number of hydrogen-bond donors (Lipinski definition) is 4. The molecule has 0 bridgehead atoms. The average molecular weight is 412 g/mol. The Morgan fingerprint density at radius 3 is 2.53 bits per heavy atom. The molecule has 0 radical (unpaired) electrons. The molecule has 1 atom stereocenters. The molecule has 1 aliphatic rings. The summed E-state index contributed by atoms with van der Waals surface area (Å²) in [5.41, 5.74) is 13.6. The van der Waals surface area contributed by atoms with E-state index < -0.39 is 0 Å². The number of rotatable bonds is 11. The smallest absolute Gasteiger partial charge is 0.155 e. The number of aromatic amines is 1. The third kappa shape index (κ3) is 6.47. The van der Waals surface area contributed by atoms with Gasteiger partial charge in [0.25, 0.3) is 0 Å². The van der Waals surface area contributed by atoms with E-state index in [1.165, 1.54) is 23.0 Å². The van der Waals surface area contributed by atoms with Crippen molar-refractivity contribution in [3.8, 4) is 0 Å². The van der Waals surface area contributed by atoms with Gasteiger partial charge in [-0.15, -0.1) is 0 Å². The van der Waals surface area contributed by atoms with Gasteiger partial charge in [0.1, 0.15) is 5.76 Å². The van der Waals surface area contributed by atoms with Gasteiger partial charge in [0, 0.05) is 6.04 Å². The van der Waals surface area contributed by atoms with E-state index in [2.05, 4.69) is 74.5 Å². The molecule has 0 aromatic carbocycles. The maximum atomic E-state index is 5.37. The number of H-pyrrole nitrogens is 1. The maximum absolute atomic E-state index is 5.37. The van der Waals surface area contributed by atoms with Crippen LogP contribution >= 0.6 is 0 Å². The zero-order valence-corrected chi connectivity index (χ0v) is 19.3. The lowest BCUT2D eigenvalue weighted by Crippen LogP contribution is -2.32. The van der Waals surface area contributed by atoms with E-state index in [9.17, 15) is 0 Å². The molecule has 2 heterocycles. The fraction of sp³-hybridized carbons (Fsp3) is 0.458. The minimum absolute atomic E-state index is 0.288. The summed E-state index contributed by atoms with van der Waals surface area (Å²) < 4.78 is 5.37. The molecule has 0 aliphatic carbocycles. The molecule has 0 spiro atoms. The highest BCUT2D eigenvalue weighted by atomic mass is 16.5. The molecule has 0 saturated carbocycles. The molecule has 30 heavy (non-hydrogen) atoms. The van der Waals surface area contributed by atoms with Crippen LogP contribution in [0.15, 0.2) is 41.4 Å². The van der Waals surface area contributed by atoms with Crippen LogP contribution in [0.1, 0.15) is 71.6 Å². The Bertz CT molecular complexity index is 813. The van der Waals surface area contributed by atoms with E-state index in [1.807, 2.05) is 13.0 Å².